The number of carbonyl (C=O) groups is 2. The summed E-state index contributed by atoms with van der Waals surface area (Å²) in [6, 6.07) is 12.1. The summed E-state index contributed by atoms with van der Waals surface area (Å²) < 4.78 is 6.66. The molecule has 156 valence electrons. The summed E-state index contributed by atoms with van der Waals surface area (Å²) in [4.78, 5) is 26.9. The number of carbonyl (C=O) groups excluding carboxylic acids is 2. The molecule has 0 aliphatic rings. The SMILES string of the molecule is CCCNC(=O)[C@@H](C)N(Cc1ccc(Cl)cc1)C(=O)COc1ccc(Br)c(C)c1. The zero-order valence-corrected chi connectivity index (χ0v) is 19.2. The smallest absolute Gasteiger partial charge is 0.261 e. The van der Waals surface area contributed by atoms with Crippen LogP contribution in [-0.2, 0) is 16.1 Å². The molecule has 1 N–H and O–H groups in total. The molecule has 2 rings (SSSR count). The lowest BCUT2D eigenvalue weighted by molar-refractivity contribution is -0.142. The highest BCUT2D eigenvalue weighted by atomic mass is 79.9. The number of hydrogen-bond acceptors (Lipinski definition) is 3. The standard InChI is InChI=1S/C22H26BrClN2O3/c1-4-11-25-22(28)16(3)26(13-17-5-7-18(24)8-6-17)21(27)14-29-19-9-10-20(23)15(2)12-19/h5-10,12,16H,4,11,13-14H2,1-3H3,(H,25,28)/t16-/m1/s1. The Hall–Kier alpha value is -2.05. The molecule has 2 amide bonds. The molecule has 0 fully saturated rings. The molecule has 7 heteroatoms. The van der Waals surface area contributed by atoms with Gasteiger partial charge in [0, 0.05) is 22.6 Å². The molecule has 0 bridgehead atoms. The predicted molar refractivity (Wildman–Crippen MR) is 119 cm³/mol. The molecule has 0 unspecified atom stereocenters. The first-order valence-corrected chi connectivity index (χ1v) is 10.7. The van der Waals surface area contributed by atoms with Crippen LogP contribution in [0.5, 0.6) is 5.75 Å². The minimum absolute atomic E-state index is 0.153. The third-order valence-electron chi connectivity index (χ3n) is 4.47. The van der Waals surface area contributed by atoms with E-state index in [2.05, 4.69) is 21.2 Å². The van der Waals surface area contributed by atoms with Crippen molar-refractivity contribution in [2.75, 3.05) is 13.2 Å². The Morgan fingerprint density at radius 2 is 1.90 bits per heavy atom. The number of aryl methyl sites for hydroxylation is 1. The number of hydrogen-bond donors (Lipinski definition) is 1. The van der Waals surface area contributed by atoms with E-state index in [-0.39, 0.29) is 18.4 Å². The van der Waals surface area contributed by atoms with Crippen molar-refractivity contribution in [1.29, 1.82) is 0 Å². The molecule has 0 radical (unpaired) electrons. The minimum atomic E-state index is -0.625. The van der Waals surface area contributed by atoms with Gasteiger partial charge in [0.1, 0.15) is 11.8 Å². The Labute approximate surface area is 185 Å². The molecule has 0 spiro atoms. The molecular weight excluding hydrogens is 456 g/mol. The second-order valence-electron chi connectivity index (χ2n) is 6.81. The highest BCUT2D eigenvalue weighted by molar-refractivity contribution is 9.10. The number of benzene rings is 2. The maximum absolute atomic E-state index is 12.9. The zero-order chi connectivity index (χ0) is 21.4. The van der Waals surface area contributed by atoms with Crippen molar-refractivity contribution in [2.45, 2.75) is 39.8 Å². The summed E-state index contributed by atoms with van der Waals surface area (Å²) in [7, 11) is 0. The van der Waals surface area contributed by atoms with Crippen molar-refractivity contribution in [1.82, 2.24) is 10.2 Å². The average Bonchev–Trinajstić information content (AvgIpc) is 2.71. The minimum Gasteiger partial charge on any atom is -0.484 e. The van der Waals surface area contributed by atoms with E-state index in [4.69, 9.17) is 16.3 Å². The summed E-state index contributed by atoms with van der Waals surface area (Å²) in [6.45, 7) is 6.37. The second-order valence-corrected chi connectivity index (χ2v) is 8.11. The van der Waals surface area contributed by atoms with Gasteiger partial charge in [0.25, 0.3) is 5.91 Å². The van der Waals surface area contributed by atoms with E-state index < -0.39 is 6.04 Å². The molecule has 2 aromatic rings. The van der Waals surface area contributed by atoms with Gasteiger partial charge in [0.2, 0.25) is 5.91 Å². The molecule has 5 nitrogen and oxygen atoms in total. The van der Waals surface area contributed by atoms with Crippen molar-refractivity contribution in [2.24, 2.45) is 0 Å². The number of nitrogens with one attached hydrogen (secondary N) is 1. The lowest BCUT2D eigenvalue weighted by atomic mass is 10.1. The Bertz CT molecular complexity index is 842. The van der Waals surface area contributed by atoms with E-state index in [1.807, 2.05) is 38.1 Å². The van der Waals surface area contributed by atoms with E-state index in [1.54, 1.807) is 25.1 Å². The Morgan fingerprint density at radius 3 is 2.52 bits per heavy atom. The quantitative estimate of drug-likeness (QED) is 0.563. The van der Waals surface area contributed by atoms with Crippen LogP contribution in [0.2, 0.25) is 5.02 Å². The lowest BCUT2D eigenvalue weighted by Crippen LogP contribution is -2.49. The highest BCUT2D eigenvalue weighted by Crippen LogP contribution is 2.22. The third-order valence-corrected chi connectivity index (χ3v) is 5.62. The van der Waals surface area contributed by atoms with Crippen molar-refractivity contribution >= 4 is 39.3 Å². The van der Waals surface area contributed by atoms with E-state index >= 15 is 0 Å². The monoisotopic (exact) mass is 480 g/mol. The van der Waals surface area contributed by atoms with Crippen LogP contribution in [0.4, 0.5) is 0 Å². The van der Waals surface area contributed by atoms with Crippen molar-refractivity contribution < 1.29 is 14.3 Å². The molecule has 29 heavy (non-hydrogen) atoms. The first kappa shape index (κ1) is 23.2. The van der Waals surface area contributed by atoms with Gasteiger partial charge < -0.3 is 15.0 Å². The van der Waals surface area contributed by atoms with Crippen LogP contribution in [0.15, 0.2) is 46.9 Å². The summed E-state index contributed by atoms with van der Waals surface area (Å²) in [6.07, 6.45) is 0.829. The molecule has 0 saturated heterocycles. The van der Waals surface area contributed by atoms with Gasteiger partial charge in [-0.15, -0.1) is 0 Å². The molecule has 2 aromatic carbocycles. The van der Waals surface area contributed by atoms with Crippen LogP contribution in [0.3, 0.4) is 0 Å². The summed E-state index contributed by atoms with van der Waals surface area (Å²) in [5.74, 6) is 0.155. The fourth-order valence-corrected chi connectivity index (χ4v) is 3.07. The van der Waals surface area contributed by atoms with Gasteiger partial charge in [0.05, 0.1) is 0 Å². The molecule has 1 atom stereocenters. The molecule has 0 aromatic heterocycles. The maximum atomic E-state index is 12.9. The molecule has 0 aliphatic heterocycles. The van der Waals surface area contributed by atoms with Gasteiger partial charge >= 0.3 is 0 Å². The van der Waals surface area contributed by atoms with E-state index in [0.29, 0.717) is 23.9 Å². The lowest BCUT2D eigenvalue weighted by Gasteiger charge is -2.28. The van der Waals surface area contributed by atoms with Crippen LogP contribution < -0.4 is 10.1 Å². The normalized spacial score (nSPS) is 11.6. The second kappa shape index (κ2) is 11.2. The van der Waals surface area contributed by atoms with Crippen LogP contribution in [0, 0.1) is 6.92 Å². The van der Waals surface area contributed by atoms with Crippen LogP contribution in [-0.4, -0.2) is 35.9 Å². The van der Waals surface area contributed by atoms with Crippen LogP contribution >= 0.6 is 27.5 Å². The Kier molecular flexibility index (Phi) is 8.99. The first-order valence-electron chi connectivity index (χ1n) is 9.52. The summed E-state index contributed by atoms with van der Waals surface area (Å²) >= 11 is 9.40. The van der Waals surface area contributed by atoms with E-state index in [9.17, 15) is 9.59 Å². The van der Waals surface area contributed by atoms with E-state index in [0.717, 1.165) is 22.0 Å². The number of rotatable bonds is 9. The van der Waals surface area contributed by atoms with Gasteiger partial charge in [-0.05, 0) is 61.7 Å². The van der Waals surface area contributed by atoms with Gasteiger partial charge in [-0.1, -0.05) is 46.6 Å². The Morgan fingerprint density at radius 1 is 1.21 bits per heavy atom. The topological polar surface area (TPSA) is 58.6 Å². The van der Waals surface area contributed by atoms with Crippen LogP contribution in [0.1, 0.15) is 31.4 Å². The van der Waals surface area contributed by atoms with Gasteiger partial charge in [-0.2, -0.15) is 0 Å². The first-order chi connectivity index (χ1) is 13.8. The number of halogens is 2. The molecule has 0 aliphatic carbocycles. The fourth-order valence-electron chi connectivity index (χ4n) is 2.70. The maximum Gasteiger partial charge on any atom is 0.261 e. The number of ether oxygens (including phenoxy) is 1. The van der Waals surface area contributed by atoms with Gasteiger partial charge in [-0.25, -0.2) is 0 Å². The molecular formula is C22H26BrClN2O3. The van der Waals surface area contributed by atoms with E-state index in [1.165, 1.54) is 4.90 Å². The largest absolute Gasteiger partial charge is 0.484 e. The van der Waals surface area contributed by atoms with Crippen molar-refractivity contribution in [3.63, 3.8) is 0 Å². The van der Waals surface area contributed by atoms with Gasteiger partial charge in [0.15, 0.2) is 6.61 Å². The molecule has 0 heterocycles. The average molecular weight is 482 g/mol. The zero-order valence-electron chi connectivity index (χ0n) is 16.9. The van der Waals surface area contributed by atoms with Crippen molar-refractivity contribution in [3.05, 3.63) is 63.1 Å². The molecule has 0 saturated carbocycles. The third kappa shape index (κ3) is 7.05. The number of amides is 2. The Balaban J connectivity index is 2.13. The fraction of sp³-hybridized carbons (Fsp3) is 0.364. The highest BCUT2D eigenvalue weighted by Gasteiger charge is 2.26. The summed E-state index contributed by atoms with van der Waals surface area (Å²) in [5, 5.41) is 3.47. The van der Waals surface area contributed by atoms with Crippen LogP contribution in [0.25, 0.3) is 0 Å². The number of nitrogens with zero attached hydrogens (tertiary/aromatic N) is 1. The summed E-state index contributed by atoms with van der Waals surface area (Å²) in [5.41, 5.74) is 1.90. The predicted octanol–water partition coefficient (Wildman–Crippen LogP) is 4.73. The van der Waals surface area contributed by atoms with Gasteiger partial charge in [-0.3, -0.25) is 9.59 Å². The van der Waals surface area contributed by atoms with Crippen molar-refractivity contribution in [3.8, 4) is 5.75 Å².